The standard InChI is InChI=1S/C18H16N4O3S/c23-15(12-25-14-9-5-2-6-10-14)19-11-16-21-22-18(26-16)17(24)20-13-7-3-1-4-8-13/h1-10H,11-12H2,(H,19,23)(H,20,24). The highest BCUT2D eigenvalue weighted by Gasteiger charge is 2.13. The van der Waals surface area contributed by atoms with E-state index in [2.05, 4.69) is 20.8 Å². The Balaban J connectivity index is 1.46. The number of anilines is 1. The molecular weight excluding hydrogens is 352 g/mol. The van der Waals surface area contributed by atoms with Crippen molar-refractivity contribution in [1.29, 1.82) is 0 Å². The first-order valence-corrected chi connectivity index (χ1v) is 8.66. The zero-order chi connectivity index (χ0) is 18.2. The summed E-state index contributed by atoms with van der Waals surface area (Å²) in [5.74, 6) is 0.0106. The fourth-order valence-electron chi connectivity index (χ4n) is 2.01. The van der Waals surface area contributed by atoms with Crippen LogP contribution in [0.1, 0.15) is 14.8 Å². The Labute approximate surface area is 154 Å². The second kappa shape index (κ2) is 8.72. The van der Waals surface area contributed by atoms with Gasteiger partial charge in [-0.15, -0.1) is 10.2 Å². The van der Waals surface area contributed by atoms with Crippen molar-refractivity contribution < 1.29 is 14.3 Å². The molecule has 8 heteroatoms. The van der Waals surface area contributed by atoms with E-state index in [1.165, 1.54) is 0 Å². The van der Waals surface area contributed by atoms with E-state index in [0.29, 0.717) is 16.4 Å². The molecule has 0 aliphatic rings. The van der Waals surface area contributed by atoms with E-state index in [4.69, 9.17) is 4.74 Å². The lowest BCUT2D eigenvalue weighted by Gasteiger charge is -2.05. The maximum atomic E-state index is 12.1. The second-order valence-corrected chi connectivity index (χ2v) is 6.26. The first-order chi connectivity index (χ1) is 12.7. The van der Waals surface area contributed by atoms with Crippen LogP contribution in [-0.4, -0.2) is 28.6 Å². The van der Waals surface area contributed by atoms with Crippen molar-refractivity contribution >= 4 is 28.8 Å². The number of rotatable bonds is 7. The lowest BCUT2D eigenvalue weighted by molar-refractivity contribution is -0.123. The molecule has 0 saturated carbocycles. The van der Waals surface area contributed by atoms with Gasteiger partial charge >= 0.3 is 0 Å². The Morgan fingerprint density at radius 2 is 1.65 bits per heavy atom. The summed E-state index contributed by atoms with van der Waals surface area (Å²) in [6.07, 6.45) is 0. The molecule has 0 atom stereocenters. The first-order valence-electron chi connectivity index (χ1n) is 7.84. The van der Waals surface area contributed by atoms with E-state index in [9.17, 15) is 9.59 Å². The zero-order valence-corrected chi connectivity index (χ0v) is 14.5. The fraction of sp³-hybridized carbons (Fsp3) is 0.111. The quantitative estimate of drug-likeness (QED) is 0.668. The summed E-state index contributed by atoms with van der Waals surface area (Å²) in [5.41, 5.74) is 0.681. The summed E-state index contributed by atoms with van der Waals surface area (Å²) < 4.78 is 5.36. The van der Waals surface area contributed by atoms with Gasteiger partial charge in [0, 0.05) is 5.69 Å². The van der Waals surface area contributed by atoms with E-state index in [0.717, 1.165) is 11.3 Å². The summed E-state index contributed by atoms with van der Waals surface area (Å²) in [5, 5.41) is 14.0. The minimum atomic E-state index is -0.335. The summed E-state index contributed by atoms with van der Waals surface area (Å²) in [6, 6.07) is 18.2. The van der Waals surface area contributed by atoms with Gasteiger partial charge in [-0.25, -0.2) is 0 Å². The summed E-state index contributed by atoms with van der Waals surface area (Å²) >= 11 is 1.13. The highest BCUT2D eigenvalue weighted by Crippen LogP contribution is 2.13. The Morgan fingerprint density at radius 3 is 2.38 bits per heavy atom. The number of hydrogen-bond donors (Lipinski definition) is 2. The van der Waals surface area contributed by atoms with Crippen LogP contribution < -0.4 is 15.4 Å². The Kier molecular flexibility index (Phi) is 5.89. The second-order valence-electron chi connectivity index (χ2n) is 5.20. The Morgan fingerprint density at radius 1 is 0.962 bits per heavy atom. The van der Waals surface area contributed by atoms with Crippen LogP contribution >= 0.6 is 11.3 Å². The molecule has 0 unspecified atom stereocenters. The topological polar surface area (TPSA) is 93.2 Å². The highest BCUT2D eigenvalue weighted by atomic mass is 32.1. The molecule has 3 aromatic rings. The van der Waals surface area contributed by atoms with E-state index in [-0.39, 0.29) is 30.0 Å². The van der Waals surface area contributed by atoms with Crippen LogP contribution in [0.3, 0.4) is 0 Å². The van der Waals surface area contributed by atoms with Crippen LogP contribution in [0.5, 0.6) is 5.75 Å². The van der Waals surface area contributed by atoms with Gasteiger partial charge < -0.3 is 15.4 Å². The Bertz CT molecular complexity index is 868. The van der Waals surface area contributed by atoms with Crippen LogP contribution in [-0.2, 0) is 11.3 Å². The van der Waals surface area contributed by atoms with Crippen LogP contribution in [0.4, 0.5) is 5.69 Å². The number of para-hydroxylation sites is 2. The average molecular weight is 368 g/mol. The predicted molar refractivity (Wildman–Crippen MR) is 98.1 cm³/mol. The third-order valence-electron chi connectivity index (χ3n) is 3.24. The molecule has 0 saturated heterocycles. The molecule has 0 radical (unpaired) electrons. The normalized spacial score (nSPS) is 10.2. The smallest absolute Gasteiger partial charge is 0.286 e. The Hall–Kier alpha value is -3.26. The third kappa shape index (κ3) is 5.12. The minimum Gasteiger partial charge on any atom is -0.484 e. The minimum absolute atomic E-state index is 0.0931. The largest absolute Gasteiger partial charge is 0.484 e. The van der Waals surface area contributed by atoms with Gasteiger partial charge in [-0.3, -0.25) is 9.59 Å². The molecular formula is C18H16N4O3S. The number of hydrogen-bond acceptors (Lipinski definition) is 6. The molecule has 26 heavy (non-hydrogen) atoms. The number of carbonyl (C=O) groups excluding carboxylic acids is 2. The van der Waals surface area contributed by atoms with Crippen molar-refractivity contribution in [3.05, 3.63) is 70.7 Å². The number of nitrogens with one attached hydrogen (secondary N) is 2. The van der Waals surface area contributed by atoms with Crippen molar-refractivity contribution in [1.82, 2.24) is 15.5 Å². The van der Waals surface area contributed by atoms with E-state index in [1.807, 2.05) is 36.4 Å². The number of nitrogens with zero attached hydrogens (tertiary/aromatic N) is 2. The molecule has 0 fully saturated rings. The van der Waals surface area contributed by atoms with Gasteiger partial charge in [0.25, 0.3) is 11.8 Å². The van der Waals surface area contributed by atoms with Gasteiger partial charge in [0.1, 0.15) is 10.8 Å². The fourth-order valence-corrected chi connectivity index (χ4v) is 2.69. The van der Waals surface area contributed by atoms with Gasteiger partial charge in [-0.2, -0.15) is 0 Å². The van der Waals surface area contributed by atoms with E-state index >= 15 is 0 Å². The molecule has 1 heterocycles. The van der Waals surface area contributed by atoms with Gasteiger partial charge in [0.2, 0.25) is 5.01 Å². The zero-order valence-electron chi connectivity index (χ0n) is 13.7. The van der Waals surface area contributed by atoms with Crippen molar-refractivity contribution in [3.8, 4) is 5.75 Å². The molecule has 2 aromatic carbocycles. The molecule has 132 valence electrons. The first kappa shape index (κ1) is 17.6. The highest BCUT2D eigenvalue weighted by molar-refractivity contribution is 7.13. The number of amides is 2. The van der Waals surface area contributed by atoms with Crippen molar-refractivity contribution in [2.75, 3.05) is 11.9 Å². The molecule has 2 N–H and O–H groups in total. The van der Waals surface area contributed by atoms with Crippen LogP contribution in [0.15, 0.2) is 60.7 Å². The molecule has 0 spiro atoms. The molecule has 0 aliphatic carbocycles. The molecule has 7 nitrogen and oxygen atoms in total. The maximum Gasteiger partial charge on any atom is 0.286 e. The van der Waals surface area contributed by atoms with Crippen molar-refractivity contribution in [3.63, 3.8) is 0 Å². The predicted octanol–water partition coefficient (Wildman–Crippen LogP) is 2.49. The molecule has 2 amide bonds. The van der Waals surface area contributed by atoms with Gasteiger partial charge in [0.05, 0.1) is 6.54 Å². The monoisotopic (exact) mass is 368 g/mol. The number of ether oxygens (including phenoxy) is 1. The molecule has 0 bridgehead atoms. The van der Waals surface area contributed by atoms with Crippen LogP contribution in [0.25, 0.3) is 0 Å². The lowest BCUT2D eigenvalue weighted by Crippen LogP contribution is -2.28. The van der Waals surface area contributed by atoms with E-state index in [1.54, 1.807) is 24.3 Å². The lowest BCUT2D eigenvalue weighted by atomic mass is 10.3. The van der Waals surface area contributed by atoms with Gasteiger partial charge in [-0.05, 0) is 24.3 Å². The SMILES string of the molecule is O=C(COc1ccccc1)NCc1nnc(C(=O)Nc2ccccc2)s1. The molecule has 1 aromatic heterocycles. The van der Waals surface area contributed by atoms with Gasteiger partial charge in [0.15, 0.2) is 6.61 Å². The van der Waals surface area contributed by atoms with Gasteiger partial charge in [-0.1, -0.05) is 47.7 Å². The van der Waals surface area contributed by atoms with Crippen LogP contribution in [0, 0.1) is 0 Å². The number of carbonyl (C=O) groups is 2. The summed E-state index contributed by atoms with van der Waals surface area (Å²) in [7, 11) is 0. The van der Waals surface area contributed by atoms with E-state index < -0.39 is 0 Å². The number of benzene rings is 2. The van der Waals surface area contributed by atoms with Crippen molar-refractivity contribution in [2.45, 2.75) is 6.54 Å². The summed E-state index contributed by atoms with van der Waals surface area (Å²) in [4.78, 5) is 23.9. The third-order valence-corrected chi connectivity index (χ3v) is 4.16. The number of aromatic nitrogens is 2. The maximum absolute atomic E-state index is 12.1. The van der Waals surface area contributed by atoms with Crippen LogP contribution in [0.2, 0.25) is 0 Å². The average Bonchev–Trinajstić information content (AvgIpc) is 3.16. The molecule has 0 aliphatic heterocycles. The summed E-state index contributed by atoms with van der Waals surface area (Å²) in [6.45, 7) is 0.0947. The molecule has 3 rings (SSSR count). The van der Waals surface area contributed by atoms with Crippen molar-refractivity contribution in [2.24, 2.45) is 0 Å².